The molecule has 3 heteroatoms. The molecule has 3 aliphatic rings. The number of benzene rings is 2. The first-order chi connectivity index (χ1) is 14.9. The number of rotatable bonds is 3. The Labute approximate surface area is 186 Å². The second-order valence-electron chi connectivity index (χ2n) is 10.1. The van der Waals surface area contributed by atoms with Crippen molar-refractivity contribution in [3.63, 3.8) is 0 Å². The highest BCUT2D eigenvalue weighted by atomic mass is 16.5. The minimum Gasteiger partial charge on any atom is -0.497 e. The van der Waals surface area contributed by atoms with E-state index in [9.17, 15) is 4.79 Å². The van der Waals surface area contributed by atoms with Crippen molar-refractivity contribution in [3.05, 3.63) is 64.7 Å². The summed E-state index contributed by atoms with van der Waals surface area (Å²) in [6, 6.07) is 15.1. The van der Waals surface area contributed by atoms with Crippen LogP contribution in [0.25, 0.3) is 6.08 Å². The lowest BCUT2D eigenvalue weighted by atomic mass is 9.55. The van der Waals surface area contributed by atoms with Gasteiger partial charge in [0.2, 0.25) is 0 Å². The number of Topliss-reactive ketones (excluding diaryl/α,β-unsaturated/α-hetero) is 1. The van der Waals surface area contributed by atoms with Crippen LogP contribution in [0.4, 0.5) is 5.69 Å². The number of anilines is 1. The maximum Gasteiger partial charge on any atom is 0.165 e. The molecule has 3 aliphatic carbocycles. The summed E-state index contributed by atoms with van der Waals surface area (Å²) in [6.07, 6.45) is 7.48. The van der Waals surface area contributed by atoms with Crippen LogP contribution in [0.1, 0.15) is 55.2 Å². The monoisotopic (exact) mass is 415 g/mol. The van der Waals surface area contributed by atoms with Crippen molar-refractivity contribution in [1.82, 2.24) is 0 Å². The molecular formula is C28H33NO2. The van der Waals surface area contributed by atoms with E-state index in [1.807, 2.05) is 14.1 Å². The molecule has 162 valence electrons. The number of hydrogen-bond donors (Lipinski definition) is 0. The molecule has 0 amide bonds. The quantitative estimate of drug-likeness (QED) is 0.586. The molecular weight excluding hydrogens is 382 g/mol. The topological polar surface area (TPSA) is 29.5 Å². The number of fused-ring (bicyclic) bond motifs is 5. The first kappa shape index (κ1) is 20.4. The number of hydrogen-bond acceptors (Lipinski definition) is 3. The van der Waals surface area contributed by atoms with Gasteiger partial charge in [-0.3, -0.25) is 4.79 Å². The first-order valence-corrected chi connectivity index (χ1v) is 11.6. The van der Waals surface area contributed by atoms with Gasteiger partial charge in [0.25, 0.3) is 0 Å². The van der Waals surface area contributed by atoms with Gasteiger partial charge in [0.15, 0.2) is 5.78 Å². The third-order valence-corrected chi connectivity index (χ3v) is 8.32. The number of ketones is 1. The summed E-state index contributed by atoms with van der Waals surface area (Å²) >= 11 is 0. The fourth-order valence-corrected chi connectivity index (χ4v) is 6.56. The zero-order valence-corrected chi connectivity index (χ0v) is 19.2. The van der Waals surface area contributed by atoms with Gasteiger partial charge >= 0.3 is 0 Å². The lowest BCUT2D eigenvalue weighted by Crippen LogP contribution is -2.42. The minimum absolute atomic E-state index is 0.194. The first-order valence-electron chi connectivity index (χ1n) is 11.6. The Kier molecular flexibility index (Phi) is 4.96. The van der Waals surface area contributed by atoms with Crippen LogP contribution in [0.3, 0.4) is 0 Å². The highest BCUT2D eigenvalue weighted by molar-refractivity contribution is 6.06. The summed E-state index contributed by atoms with van der Waals surface area (Å²) in [4.78, 5) is 15.7. The van der Waals surface area contributed by atoms with Gasteiger partial charge in [0.1, 0.15) is 5.75 Å². The van der Waals surface area contributed by atoms with E-state index in [0.717, 1.165) is 42.6 Å². The maximum atomic E-state index is 13.6. The molecule has 31 heavy (non-hydrogen) atoms. The smallest absolute Gasteiger partial charge is 0.165 e. The highest BCUT2D eigenvalue weighted by Crippen LogP contribution is 2.60. The van der Waals surface area contributed by atoms with Gasteiger partial charge in [-0.1, -0.05) is 25.1 Å². The lowest BCUT2D eigenvalue weighted by molar-refractivity contribution is -0.127. The van der Waals surface area contributed by atoms with Crippen molar-refractivity contribution in [2.45, 2.75) is 44.9 Å². The highest BCUT2D eigenvalue weighted by Gasteiger charge is 2.56. The van der Waals surface area contributed by atoms with E-state index < -0.39 is 0 Å². The number of nitrogens with zero attached hydrogens (tertiary/aromatic N) is 1. The zero-order chi connectivity index (χ0) is 21.8. The van der Waals surface area contributed by atoms with Crippen LogP contribution < -0.4 is 9.64 Å². The van der Waals surface area contributed by atoms with Crippen LogP contribution in [0.15, 0.2) is 48.0 Å². The number of allylic oxidation sites excluding steroid dienone is 1. The van der Waals surface area contributed by atoms with Crippen LogP contribution in [0.5, 0.6) is 5.75 Å². The number of aryl methyl sites for hydroxylation is 1. The van der Waals surface area contributed by atoms with Crippen molar-refractivity contribution >= 4 is 17.5 Å². The third kappa shape index (κ3) is 3.30. The van der Waals surface area contributed by atoms with Crippen LogP contribution in [-0.2, 0) is 11.2 Å². The molecule has 0 saturated heterocycles. The Morgan fingerprint density at radius 3 is 2.58 bits per heavy atom. The van der Waals surface area contributed by atoms with Crippen LogP contribution >= 0.6 is 0 Å². The van der Waals surface area contributed by atoms with Gasteiger partial charge in [-0.15, -0.1) is 0 Å². The normalized spacial score (nSPS) is 30.5. The van der Waals surface area contributed by atoms with Gasteiger partial charge in [-0.05, 0) is 102 Å². The SMILES string of the molecule is COc1ccc2c(c1)CC[C@@H]1[C@@H]2CC[C@]2(C)C(=O)C(=Cc3ccc(N(C)C)cc3)C[C@@H]12. The van der Waals surface area contributed by atoms with Gasteiger partial charge in [0.05, 0.1) is 7.11 Å². The standard InChI is InChI=1S/C28H33NO2/c1-28-14-13-24-23-12-10-22(31-4)16-19(23)7-11-25(24)26(28)17-20(27(28)30)15-18-5-8-21(9-6-18)29(2)3/h5-6,8-10,12,15-16,24-26H,7,11,13-14,17H2,1-4H3/t24-,25-,26+,28+/m1/s1. The Morgan fingerprint density at radius 2 is 1.87 bits per heavy atom. The number of carbonyl (C=O) groups excluding carboxylic acids is 1. The lowest BCUT2D eigenvalue weighted by Gasteiger charge is -2.48. The molecule has 0 aromatic heterocycles. The molecule has 0 spiro atoms. The molecule has 0 radical (unpaired) electrons. The minimum atomic E-state index is -0.194. The van der Waals surface area contributed by atoms with Crippen molar-refractivity contribution in [2.24, 2.45) is 17.3 Å². The predicted molar refractivity (Wildman–Crippen MR) is 127 cm³/mol. The van der Waals surface area contributed by atoms with Crippen LogP contribution in [-0.4, -0.2) is 27.0 Å². The van der Waals surface area contributed by atoms with Crippen molar-refractivity contribution in [3.8, 4) is 5.75 Å². The molecule has 2 aromatic carbocycles. The Balaban J connectivity index is 1.43. The van der Waals surface area contributed by atoms with E-state index >= 15 is 0 Å². The largest absolute Gasteiger partial charge is 0.497 e. The molecule has 3 nitrogen and oxygen atoms in total. The summed E-state index contributed by atoms with van der Waals surface area (Å²) in [5.74, 6) is 3.00. The second kappa shape index (κ2) is 7.55. The predicted octanol–water partition coefficient (Wildman–Crippen LogP) is 5.88. The molecule has 5 rings (SSSR count). The van der Waals surface area contributed by atoms with Gasteiger partial charge in [-0.25, -0.2) is 0 Å². The van der Waals surface area contributed by atoms with Crippen molar-refractivity contribution in [1.29, 1.82) is 0 Å². The zero-order valence-electron chi connectivity index (χ0n) is 19.2. The maximum absolute atomic E-state index is 13.6. The second-order valence-corrected chi connectivity index (χ2v) is 10.1. The molecule has 0 unspecified atom stereocenters. The van der Waals surface area contributed by atoms with E-state index in [1.54, 1.807) is 7.11 Å². The fraction of sp³-hybridized carbons (Fsp3) is 0.464. The number of carbonyl (C=O) groups is 1. The third-order valence-electron chi connectivity index (χ3n) is 8.32. The van der Waals surface area contributed by atoms with E-state index in [2.05, 4.69) is 60.4 Å². The number of ether oxygens (including phenoxy) is 1. The van der Waals surface area contributed by atoms with Gasteiger partial charge in [0, 0.05) is 25.2 Å². The van der Waals surface area contributed by atoms with E-state index in [0.29, 0.717) is 23.5 Å². The van der Waals surface area contributed by atoms with Gasteiger partial charge < -0.3 is 9.64 Å². The molecule has 2 saturated carbocycles. The van der Waals surface area contributed by atoms with E-state index in [1.165, 1.54) is 23.2 Å². The van der Waals surface area contributed by atoms with Crippen molar-refractivity contribution in [2.75, 3.05) is 26.1 Å². The summed E-state index contributed by atoms with van der Waals surface area (Å²) in [7, 11) is 5.84. The van der Waals surface area contributed by atoms with Crippen LogP contribution in [0, 0.1) is 17.3 Å². The Hall–Kier alpha value is -2.55. The fourth-order valence-electron chi connectivity index (χ4n) is 6.56. The Bertz CT molecular complexity index is 1040. The summed E-state index contributed by atoms with van der Waals surface area (Å²) in [6.45, 7) is 2.25. The molecule has 0 heterocycles. The van der Waals surface area contributed by atoms with Gasteiger partial charge in [-0.2, -0.15) is 0 Å². The summed E-state index contributed by atoms with van der Waals surface area (Å²) in [5.41, 5.74) is 6.11. The molecule has 4 atom stereocenters. The number of methoxy groups -OCH3 is 1. The molecule has 0 N–H and O–H groups in total. The average Bonchev–Trinajstić information content (AvgIpc) is 3.04. The molecule has 0 bridgehead atoms. The average molecular weight is 416 g/mol. The Morgan fingerprint density at radius 1 is 1.10 bits per heavy atom. The molecule has 0 aliphatic heterocycles. The molecule has 2 aromatic rings. The summed E-state index contributed by atoms with van der Waals surface area (Å²) in [5, 5.41) is 0. The molecule has 2 fully saturated rings. The summed E-state index contributed by atoms with van der Waals surface area (Å²) < 4.78 is 5.45. The van der Waals surface area contributed by atoms with Crippen LogP contribution in [0.2, 0.25) is 0 Å². The van der Waals surface area contributed by atoms with E-state index in [-0.39, 0.29) is 5.41 Å². The van der Waals surface area contributed by atoms with E-state index in [4.69, 9.17) is 4.74 Å². The van der Waals surface area contributed by atoms with Crippen molar-refractivity contribution < 1.29 is 9.53 Å².